The quantitative estimate of drug-likeness (QED) is 0.219. The van der Waals surface area contributed by atoms with Gasteiger partial charge in [-0.1, -0.05) is 78.9 Å². The molecule has 4 nitrogen and oxygen atoms in total. The summed E-state index contributed by atoms with van der Waals surface area (Å²) in [5.41, 5.74) is 7.48. The van der Waals surface area contributed by atoms with E-state index in [0.29, 0.717) is 5.56 Å². The third-order valence-corrected chi connectivity index (χ3v) is 7.76. The topological polar surface area (TPSA) is 62.5 Å². The fourth-order valence-electron chi connectivity index (χ4n) is 6.04. The molecule has 3 heterocycles. The van der Waals surface area contributed by atoms with Gasteiger partial charge in [-0.2, -0.15) is 5.26 Å². The van der Waals surface area contributed by atoms with Crippen LogP contribution in [-0.4, -0.2) is 15.0 Å². The molecule has 0 spiro atoms. The van der Waals surface area contributed by atoms with Gasteiger partial charge >= 0.3 is 0 Å². The summed E-state index contributed by atoms with van der Waals surface area (Å²) in [5, 5.41) is 17.1. The molecule has 0 atom stereocenters. The maximum absolute atomic E-state index is 9.67. The molecule has 8 rings (SSSR count). The smallest absolute Gasteiger partial charge is 0.0998 e. The van der Waals surface area contributed by atoms with Gasteiger partial charge in [-0.25, -0.2) is 4.98 Å². The summed E-state index contributed by atoms with van der Waals surface area (Å²) in [4.78, 5) is 14.8. The second-order valence-electron chi connectivity index (χ2n) is 9.93. The van der Waals surface area contributed by atoms with Crippen molar-refractivity contribution in [3.05, 3.63) is 127 Å². The van der Waals surface area contributed by atoms with Gasteiger partial charge in [-0.15, -0.1) is 0 Å². The van der Waals surface area contributed by atoms with E-state index in [1.54, 1.807) is 0 Å². The molecule has 0 aliphatic carbocycles. The number of aromatic nitrogens is 3. The molecule has 0 aliphatic rings. The first kappa shape index (κ1) is 22.3. The zero-order chi connectivity index (χ0) is 26.6. The van der Waals surface area contributed by atoms with Crippen molar-refractivity contribution in [3.8, 4) is 28.5 Å². The SMILES string of the molecule is N#Cc1ccc(-c2cccc(-c3nc4ccccc4c4c5cccnc5c5ncccc5c34)c2)c2ccccc12. The Balaban J connectivity index is 1.50. The first-order valence-electron chi connectivity index (χ1n) is 13.2. The van der Waals surface area contributed by atoms with Crippen molar-refractivity contribution >= 4 is 54.3 Å². The highest BCUT2D eigenvalue weighted by molar-refractivity contribution is 6.32. The van der Waals surface area contributed by atoms with Crippen molar-refractivity contribution < 1.29 is 0 Å². The van der Waals surface area contributed by atoms with Gasteiger partial charge in [-0.05, 0) is 46.8 Å². The number of pyridine rings is 3. The molecule has 184 valence electrons. The second-order valence-corrected chi connectivity index (χ2v) is 9.93. The predicted molar refractivity (Wildman–Crippen MR) is 163 cm³/mol. The molecular formula is C36H20N4. The molecule has 3 aromatic heterocycles. The van der Waals surface area contributed by atoms with Crippen LogP contribution in [0.25, 0.3) is 76.6 Å². The van der Waals surface area contributed by atoms with Gasteiger partial charge in [0.25, 0.3) is 0 Å². The fourth-order valence-corrected chi connectivity index (χ4v) is 6.04. The fraction of sp³-hybridized carbons (Fsp3) is 0. The molecular weight excluding hydrogens is 488 g/mol. The van der Waals surface area contributed by atoms with Gasteiger partial charge < -0.3 is 0 Å². The number of hydrogen-bond acceptors (Lipinski definition) is 4. The molecule has 0 saturated heterocycles. The molecule has 0 aliphatic heterocycles. The molecule has 0 fully saturated rings. The van der Waals surface area contributed by atoms with E-state index < -0.39 is 0 Å². The maximum atomic E-state index is 9.67. The lowest BCUT2D eigenvalue weighted by Gasteiger charge is -2.16. The van der Waals surface area contributed by atoms with Crippen molar-refractivity contribution in [3.63, 3.8) is 0 Å². The lowest BCUT2D eigenvalue weighted by molar-refractivity contribution is 1.38. The minimum atomic E-state index is 0.678. The Hall–Kier alpha value is -5.66. The molecule has 8 aromatic rings. The van der Waals surface area contributed by atoms with Gasteiger partial charge in [0.05, 0.1) is 33.9 Å². The second kappa shape index (κ2) is 8.69. The van der Waals surface area contributed by atoms with Gasteiger partial charge in [0.15, 0.2) is 0 Å². The standard InChI is InChI=1S/C36H20N4/c37-21-24-16-17-26(27-11-2-1-10-25(24)27)22-8-5-9-23(20-22)34-33-30-14-7-19-39-36(30)35-29(13-6-18-38-35)32(33)28-12-3-4-15-31(28)40-34/h1-20H. The number of hydrogen-bond donors (Lipinski definition) is 0. The molecule has 4 heteroatoms. The largest absolute Gasteiger partial charge is 0.254 e. The van der Waals surface area contributed by atoms with Crippen LogP contribution in [0.4, 0.5) is 0 Å². The third kappa shape index (κ3) is 3.22. The van der Waals surface area contributed by atoms with E-state index in [4.69, 9.17) is 15.0 Å². The summed E-state index contributed by atoms with van der Waals surface area (Å²) in [6.07, 6.45) is 3.66. The van der Waals surface area contributed by atoms with Crippen LogP contribution < -0.4 is 0 Å². The summed E-state index contributed by atoms with van der Waals surface area (Å²) in [6, 6.07) is 39.5. The monoisotopic (exact) mass is 508 g/mol. The van der Waals surface area contributed by atoms with Gasteiger partial charge in [0.2, 0.25) is 0 Å². The third-order valence-electron chi connectivity index (χ3n) is 7.76. The van der Waals surface area contributed by atoms with Crippen molar-refractivity contribution in [1.82, 2.24) is 15.0 Å². The summed E-state index contributed by atoms with van der Waals surface area (Å²) < 4.78 is 0. The van der Waals surface area contributed by atoms with E-state index in [0.717, 1.165) is 76.6 Å². The molecule has 5 aromatic carbocycles. The van der Waals surface area contributed by atoms with E-state index >= 15 is 0 Å². The Morgan fingerprint density at radius 1 is 0.525 bits per heavy atom. The molecule has 40 heavy (non-hydrogen) atoms. The molecule has 0 radical (unpaired) electrons. The highest BCUT2D eigenvalue weighted by Gasteiger charge is 2.19. The first-order chi connectivity index (χ1) is 19.8. The predicted octanol–water partition coefficient (Wildman–Crippen LogP) is 8.84. The summed E-state index contributed by atoms with van der Waals surface area (Å²) in [7, 11) is 0. The summed E-state index contributed by atoms with van der Waals surface area (Å²) >= 11 is 0. The van der Waals surface area contributed by atoms with Crippen molar-refractivity contribution in [2.45, 2.75) is 0 Å². The van der Waals surface area contributed by atoms with E-state index in [9.17, 15) is 5.26 Å². The minimum Gasteiger partial charge on any atom is -0.254 e. The average molecular weight is 509 g/mol. The van der Waals surface area contributed by atoms with Crippen LogP contribution in [0, 0.1) is 11.3 Å². The lowest BCUT2D eigenvalue weighted by atomic mass is 9.91. The summed E-state index contributed by atoms with van der Waals surface area (Å²) in [5.74, 6) is 0. The molecule has 0 amide bonds. The van der Waals surface area contributed by atoms with E-state index in [-0.39, 0.29) is 0 Å². The minimum absolute atomic E-state index is 0.678. The highest BCUT2D eigenvalue weighted by atomic mass is 14.7. The van der Waals surface area contributed by atoms with Gasteiger partial charge in [-0.3, -0.25) is 9.97 Å². The maximum Gasteiger partial charge on any atom is 0.0998 e. The Morgan fingerprint density at radius 2 is 1.18 bits per heavy atom. The van der Waals surface area contributed by atoms with Gasteiger partial charge in [0, 0.05) is 50.3 Å². The molecule has 0 unspecified atom stereocenters. The first-order valence-corrected chi connectivity index (χ1v) is 13.2. The van der Waals surface area contributed by atoms with Crippen LogP contribution in [0.1, 0.15) is 5.56 Å². The lowest BCUT2D eigenvalue weighted by Crippen LogP contribution is -1.95. The van der Waals surface area contributed by atoms with Crippen LogP contribution >= 0.6 is 0 Å². The van der Waals surface area contributed by atoms with Gasteiger partial charge in [0.1, 0.15) is 0 Å². The van der Waals surface area contributed by atoms with Crippen LogP contribution in [0.15, 0.2) is 122 Å². The number of benzene rings is 5. The van der Waals surface area contributed by atoms with E-state index in [2.05, 4.69) is 66.7 Å². The number of rotatable bonds is 2. The van der Waals surface area contributed by atoms with E-state index in [1.165, 1.54) is 0 Å². The molecule has 0 N–H and O–H groups in total. The normalized spacial score (nSPS) is 11.5. The van der Waals surface area contributed by atoms with Crippen molar-refractivity contribution in [2.75, 3.05) is 0 Å². The zero-order valence-electron chi connectivity index (χ0n) is 21.3. The number of para-hydroxylation sites is 1. The Kier molecular flexibility index (Phi) is 4.85. The number of nitrogens with zero attached hydrogens (tertiary/aromatic N) is 4. The van der Waals surface area contributed by atoms with Crippen molar-refractivity contribution in [1.29, 1.82) is 5.26 Å². The van der Waals surface area contributed by atoms with Crippen LogP contribution in [0.5, 0.6) is 0 Å². The molecule has 0 saturated carbocycles. The number of fused-ring (bicyclic) bond motifs is 9. The summed E-state index contributed by atoms with van der Waals surface area (Å²) in [6.45, 7) is 0. The average Bonchev–Trinajstić information content (AvgIpc) is 3.03. The Labute approximate surface area is 229 Å². The van der Waals surface area contributed by atoms with Crippen LogP contribution in [0.2, 0.25) is 0 Å². The molecule has 0 bridgehead atoms. The van der Waals surface area contributed by atoms with Crippen LogP contribution in [0.3, 0.4) is 0 Å². The van der Waals surface area contributed by atoms with Crippen molar-refractivity contribution in [2.24, 2.45) is 0 Å². The Morgan fingerprint density at radius 3 is 1.95 bits per heavy atom. The van der Waals surface area contributed by atoms with E-state index in [1.807, 2.05) is 60.9 Å². The Bertz CT molecular complexity index is 2350. The van der Waals surface area contributed by atoms with Crippen LogP contribution in [-0.2, 0) is 0 Å². The highest BCUT2D eigenvalue weighted by Crippen LogP contribution is 2.42. The number of nitriles is 1. The zero-order valence-corrected chi connectivity index (χ0v) is 21.3.